The number of esters is 1. The summed E-state index contributed by atoms with van der Waals surface area (Å²) in [6.07, 6.45) is 2.81. The second kappa shape index (κ2) is 6.67. The van der Waals surface area contributed by atoms with Gasteiger partial charge in [-0.15, -0.1) is 11.3 Å². The number of rotatable bonds is 5. The molecular formula is C14H11NO5S. The lowest BCUT2D eigenvalue weighted by molar-refractivity contribution is -0.385. The molecule has 21 heavy (non-hydrogen) atoms. The first-order valence-corrected chi connectivity index (χ1v) is 6.74. The van der Waals surface area contributed by atoms with Gasteiger partial charge in [0.1, 0.15) is 5.75 Å². The summed E-state index contributed by atoms with van der Waals surface area (Å²) in [6.45, 7) is 0. The van der Waals surface area contributed by atoms with Crippen LogP contribution in [0.2, 0.25) is 0 Å². The van der Waals surface area contributed by atoms with Crippen LogP contribution in [0.1, 0.15) is 4.88 Å². The fourth-order valence-electron chi connectivity index (χ4n) is 1.53. The maximum atomic E-state index is 11.7. The van der Waals surface area contributed by atoms with Crippen molar-refractivity contribution < 1.29 is 19.2 Å². The van der Waals surface area contributed by atoms with Crippen LogP contribution < -0.4 is 9.47 Å². The molecule has 0 saturated heterocycles. The van der Waals surface area contributed by atoms with Crippen LogP contribution in [0.25, 0.3) is 6.08 Å². The molecule has 0 N–H and O–H groups in total. The summed E-state index contributed by atoms with van der Waals surface area (Å²) in [6, 6.07) is 7.70. The van der Waals surface area contributed by atoms with Gasteiger partial charge in [0.2, 0.25) is 5.75 Å². The first-order chi connectivity index (χ1) is 10.1. The standard InChI is InChI=1S/C14H11NO5S/c1-19-10-4-6-13(12(9-10)15(17)18)20-14(16)7-5-11-3-2-8-21-11/h2-9H,1H3. The zero-order valence-corrected chi connectivity index (χ0v) is 11.8. The summed E-state index contributed by atoms with van der Waals surface area (Å²) in [5.74, 6) is -0.492. The van der Waals surface area contributed by atoms with Crippen molar-refractivity contribution in [2.24, 2.45) is 0 Å². The summed E-state index contributed by atoms with van der Waals surface area (Å²) in [5, 5.41) is 12.8. The zero-order chi connectivity index (χ0) is 15.2. The van der Waals surface area contributed by atoms with Crippen molar-refractivity contribution in [1.82, 2.24) is 0 Å². The van der Waals surface area contributed by atoms with Crippen molar-refractivity contribution in [3.05, 3.63) is 56.8 Å². The van der Waals surface area contributed by atoms with E-state index in [4.69, 9.17) is 9.47 Å². The first-order valence-electron chi connectivity index (χ1n) is 5.86. The van der Waals surface area contributed by atoms with Crippen LogP contribution in [-0.2, 0) is 4.79 Å². The first kappa shape index (κ1) is 14.7. The van der Waals surface area contributed by atoms with E-state index in [0.29, 0.717) is 5.75 Å². The smallest absolute Gasteiger partial charge is 0.336 e. The Morgan fingerprint density at radius 3 is 2.81 bits per heavy atom. The van der Waals surface area contributed by atoms with Crippen LogP contribution in [0.4, 0.5) is 5.69 Å². The van der Waals surface area contributed by atoms with E-state index in [9.17, 15) is 14.9 Å². The monoisotopic (exact) mass is 305 g/mol. The van der Waals surface area contributed by atoms with Crippen molar-refractivity contribution in [3.8, 4) is 11.5 Å². The van der Waals surface area contributed by atoms with E-state index in [1.54, 1.807) is 6.08 Å². The van der Waals surface area contributed by atoms with Gasteiger partial charge < -0.3 is 9.47 Å². The molecule has 0 bridgehead atoms. The lowest BCUT2D eigenvalue weighted by Gasteiger charge is -2.04. The van der Waals surface area contributed by atoms with Gasteiger partial charge >= 0.3 is 11.7 Å². The Kier molecular flexibility index (Phi) is 4.68. The molecule has 0 fully saturated rings. The Morgan fingerprint density at radius 2 is 2.19 bits per heavy atom. The van der Waals surface area contributed by atoms with Crippen LogP contribution in [-0.4, -0.2) is 18.0 Å². The number of hydrogen-bond donors (Lipinski definition) is 0. The van der Waals surface area contributed by atoms with Crippen LogP contribution in [0, 0.1) is 10.1 Å². The molecule has 1 heterocycles. The third-order valence-electron chi connectivity index (χ3n) is 2.50. The highest BCUT2D eigenvalue weighted by Gasteiger charge is 2.18. The lowest BCUT2D eigenvalue weighted by atomic mass is 10.3. The highest BCUT2D eigenvalue weighted by atomic mass is 32.1. The Labute approximate surface area is 124 Å². The van der Waals surface area contributed by atoms with E-state index >= 15 is 0 Å². The van der Waals surface area contributed by atoms with E-state index in [1.807, 2.05) is 17.5 Å². The normalized spacial score (nSPS) is 10.5. The fraction of sp³-hybridized carbons (Fsp3) is 0.0714. The molecule has 108 valence electrons. The molecule has 1 aromatic heterocycles. The van der Waals surface area contributed by atoms with Gasteiger partial charge in [0, 0.05) is 11.0 Å². The SMILES string of the molecule is COc1ccc(OC(=O)C=Cc2cccs2)c([N+](=O)[O-])c1. The van der Waals surface area contributed by atoms with Gasteiger partial charge in [-0.2, -0.15) is 0 Å². The van der Waals surface area contributed by atoms with E-state index in [1.165, 1.54) is 42.7 Å². The molecule has 2 aromatic rings. The van der Waals surface area contributed by atoms with E-state index in [0.717, 1.165) is 4.88 Å². The van der Waals surface area contributed by atoms with Crippen LogP contribution in [0.3, 0.4) is 0 Å². The molecule has 0 saturated carbocycles. The molecule has 0 amide bonds. The molecule has 0 aliphatic carbocycles. The number of methoxy groups -OCH3 is 1. The Bertz CT molecular complexity index is 679. The van der Waals surface area contributed by atoms with E-state index < -0.39 is 10.9 Å². The second-order valence-corrected chi connectivity index (χ2v) is 4.84. The summed E-state index contributed by atoms with van der Waals surface area (Å²) in [5.41, 5.74) is -0.327. The van der Waals surface area contributed by atoms with Gasteiger partial charge in [-0.25, -0.2) is 4.79 Å². The summed E-state index contributed by atoms with van der Waals surface area (Å²) < 4.78 is 9.89. The molecular weight excluding hydrogens is 294 g/mol. The van der Waals surface area contributed by atoms with E-state index in [2.05, 4.69) is 0 Å². The number of benzene rings is 1. The van der Waals surface area contributed by atoms with Gasteiger partial charge in [0.15, 0.2) is 0 Å². The van der Waals surface area contributed by atoms with Gasteiger partial charge in [-0.3, -0.25) is 10.1 Å². The predicted octanol–water partition coefficient (Wildman–Crippen LogP) is 3.28. The van der Waals surface area contributed by atoms with Crippen LogP contribution in [0.15, 0.2) is 41.8 Å². The summed E-state index contributed by atoms with van der Waals surface area (Å²) >= 11 is 1.46. The van der Waals surface area contributed by atoms with Gasteiger partial charge in [0.25, 0.3) is 0 Å². The van der Waals surface area contributed by atoms with Crippen molar-refractivity contribution in [1.29, 1.82) is 0 Å². The minimum Gasteiger partial charge on any atom is -0.496 e. The quantitative estimate of drug-likeness (QED) is 0.278. The highest BCUT2D eigenvalue weighted by molar-refractivity contribution is 7.10. The molecule has 0 aliphatic heterocycles. The Balaban J connectivity index is 2.15. The number of carbonyl (C=O) groups excluding carboxylic acids is 1. The molecule has 7 heteroatoms. The molecule has 0 spiro atoms. The average Bonchev–Trinajstić information content (AvgIpc) is 2.98. The largest absolute Gasteiger partial charge is 0.496 e. The van der Waals surface area contributed by atoms with Gasteiger partial charge in [0.05, 0.1) is 18.1 Å². The van der Waals surface area contributed by atoms with Gasteiger partial charge in [-0.05, 0) is 29.7 Å². The third kappa shape index (κ3) is 3.90. The number of carbonyl (C=O) groups is 1. The lowest BCUT2D eigenvalue weighted by Crippen LogP contribution is -2.05. The maximum absolute atomic E-state index is 11.7. The molecule has 1 aromatic carbocycles. The fourth-order valence-corrected chi connectivity index (χ4v) is 2.15. The molecule has 0 unspecified atom stereocenters. The number of nitrogens with zero attached hydrogens (tertiary/aromatic N) is 1. The average molecular weight is 305 g/mol. The van der Waals surface area contributed by atoms with E-state index in [-0.39, 0.29) is 11.4 Å². The van der Waals surface area contributed by atoms with Crippen molar-refractivity contribution in [2.45, 2.75) is 0 Å². The molecule has 0 aliphatic rings. The topological polar surface area (TPSA) is 78.7 Å². The molecule has 0 atom stereocenters. The summed E-state index contributed by atoms with van der Waals surface area (Å²) in [7, 11) is 1.40. The molecule has 6 nitrogen and oxygen atoms in total. The predicted molar refractivity (Wildman–Crippen MR) is 78.6 cm³/mol. The van der Waals surface area contributed by atoms with Crippen LogP contribution in [0.5, 0.6) is 11.5 Å². The highest BCUT2D eigenvalue weighted by Crippen LogP contribution is 2.31. The Hall–Kier alpha value is -2.67. The molecule has 2 rings (SSSR count). The van der Waals surface area contributed by atoms with Crippen LogP contribution >= 0.6 is 11.3 Å². The van der Waals surface area contributed by atoms with Gasteiger partial charge in [-0.1, -0.05) is 6.07 Å². The van der Waals surface area contributed by atoms with Crippen molar-refractivity contribution in [2.75, 3.05) is 7.11 Å². The summed E-state index contributed by atoms with van der Waals surface area (Å²) in [4.78, 5) is 22.9. The van der Waals surface area contributed by atoms with Crippen molar-refractivity contribution in [3.63, 3.8) is 0 Å². The number of nitro benzene ring substituents is 1. The van der Waals surface area contributed by atoms with Crippen molar-refractivity contribution >= 4 is 29.1 Å². The Morgan fingerprint density at radius 1 is 1.38 bits per heavy atom. The number of ether oxygens (including phenoxy) is 2. The second-order valence-electron chi connectivity index (χ2n) is 3.86. The number of thiophene rings is 1. The molecule has 0 radical (unpaired) electrons. The maximum Gasteiger partial charge on any atom is 0.336 e. The number of nitro groups is 1. The minimum atomic E-state index is -0.684. The zero-order valence-electron chi connectivity index (χ0n) is 11.0. The third-order valence-corrected chi connectivity index (χ3v) is 3.34. The minimum absolute atomic E-state index is 0.123. The number of hydrogen-bond acceptors (Lipinski definition) is 6.